The Labute approximate surface area is 110 Å². The van der Waals surface area contributed by atoms with Crippen molar-refractivity contribution in [3.05, 3.63) is 0 Å². The van der Waals surface area contributed by atoms with E-state index in [1.54, 1.807) is 0 Å². The van der Waals surface area contributed by atoms with Crippen LogP contribution in [-0.2, 0) is 14.4 Å². The zero-order valence-electron chi connectivity index (χ0n) is 10.4. The molecule has 5 N–H and O–H groups in total. The maximum absolute atomic E-state index is 11.6. The fourth-order valence-electron chi connectivity index (χ4n) is 1.16. The lowest BCUT2D eigenvalue weighted by Gasteiger charge is -2.18. The van der Waals surface area contributed by atoms with Crippen LogP contribution in [0.3, 0.4) is 0 Å². The van der Waals surface area contributed by atoms with Crippen molar-refractivity contribution in [2.75, 3.05) is 18.6 Å². The molecule has 0 bridgehead atoms. The first-order valence-electron chi connectivity index (χ1n) is 5.44. The minimum atomic E-state index is -1.09. The summed E-state index contributed by atoms with van der Waals surface area (Å²) in [5.74, 6) is -1.46. The quantitative estimate of drug-likeness (QED) is 0.441. The van der Waals surface area contributed by atoms with Gasteiger partial charge in [-0.2, -0.15) is 11.8 Å². The van der Waals surface area contributed by atoms with Crippen LogP contribution in [-0.4, -0.2) is 53.5 Å². The first kappa shape index (κ1) is 16.7. The van der Waals surface area contributed by atoms with Crippen LogP contribution in [0.4, 0.5) is 0 Å². The van der Waals surface area contributed by atoms with Gasteiger partial charge in [-0.3, -0.25) is 9.59 Å². The summed E-state index contributed by atoms with van der Waals surface area (Å²) in [6.45, 7) is 1.25. The first-order valence-corrected chi connectivity index (χ1v) is 6.83. The van der Waals surface area contributed by atoms with Crippen molar-refractivity contribution in [2.45, 2.75) is 25.4 Å². The van der Waals surface area contributed by atoms with Gasteiger partial charge in [-0.15, -0.1) is 0 Å². The van der Waals surface area contributed by atoms with E-state index in [1.165, 1.54) is 18.7 Å². The maximum atomic E-state index is 11.6. The molecule has 0 saturated heterocycles. The Kier molecular flexibility index (Phi) is 8.14. The fraction of sp³-hybridized carbons (Fsp3) is 0.700. The molecule has 0 aromatic carbocycles. The van der Waals surface area contributed by atoms with Crippen molar-refractivity contribution in [2.24, 2.45) is 5.73 Å². The largest absolute Gasteiger partial charge is 0.480 e. The molecule has 2 amide bonds. The van der Waals surface area contributed by atoms with Gasteiger partial charge in [0, 0.05) is 0 Å². The van der Waals surface area contributed by atoms with Crippen molar-refractivity contribution in [1.29, 1.82) is 0 Å². The molecule has 0 fully saturated rings. The number of thioether (sulfide) groups is 1. The Morgan fingerprint density at radius 3 is 2.39 bits per heavy atom. The Morgan fingerprint density at radius 2 is 1.94 bits per heavy atom. The van der Waals surface area contributed by atoms with Gasteiger partial charge < -0.3 is 21.5 Å². The molecule has 0 heterocycles. The molecule has 0 saturated carbocycles. The maximum Gasteiger partial charge on any atom is 0.326 e. The minimum absolute atomic E-state index is 0.216. The van der Waals surface area contributed by atoms with Gasteiger partial charge in [0.1, 0.15) is 12.1 Å². The molecule has 8 heteroatoms. The predicted octanol–water partition coefficient (Wildman–Crippen LogP) is -1.23. The van der Waals surface area contributed by atoms with E-state index in [2.05, 4.69) is 10.6 Å². The number of nitrogens with one attached hydrogen (secondary N) is 2. The van der Waals surface area contributed by atoms with Crippen LogP contribution < -0.4 is 16.4 Å². The molecular formula is C10H19N3O4S. The molecule has 104 valence electrons. The van der Waals surface area contributed by atoms with Crippen molar-refractivity contribution in [1.82, 2.24) is 10.6 Å². The molecule has 0 aliphatic carbocycles. The summed E-state index contributed by atoms with van der Waals surface area (Å²) in [5.41, 5.74) is 5.10. The lowest BCUT2D eigenvalue weighted by molar-refractivity contribution is -0.142. The lowest BCUT2D eigenvalue weighted by Crippen LogP contribution is -2.51. The second-order valence-corrected chi connectivity index (χ2v) is 4.66. The number of carbonyl (C=O) groups excluding carboxylic acids is 2. The Balaban J connectivity index is 4.31. The Bertz CT molecular complexity index is 311. The number of hydrogen-bond donors (Lipinski definition) is 4. The van der Waals surface area contributed by atoms with Crippen LogP contribution in [0.15, 0.2) is 0 Å². The molecule has 0 aliphatic heterocycles. The van der Waals surface area contributed by atoms with Gasteiger partial charge >= 0.3 is 5.97 Å². The van der Waals surface area contributed by atoms with E-state index in [-0.39, 0.29) is 6.54 Å². The third kappa shape index (κ3) is 6.45. The van der Waals surface area contributed by atoms with Crippen molar-refractivity contribution < 1.29 is 19.5 Å². The van der Waals surface area contributed by atoms with E-state index in [0.29, 0.717) is 12.2 Å². The van der Waals surface area contributed by atoms with Gasteiger partial charge in [-0.05, 0) is 25.4 Å². The molecule has 2 unspecified atom stereocenters. The molecule has 7 nitrogen and oxygen atoms in total. The van der Waals surface area contributed by atoms with Crippen LogP contribution in [0, 0.1) is 0 Å². The third-order valence-electron chi connectivity index (χ3n) is 2.18. The van der Waals surface area contributed by atoms with E-state index < -0.39 is 29.9 Å². The summed E-state index contributed by atoms with van der Waals surface area (Å²) in [5, 5.41) is 13.7. The van der Waals surface area contributed by atoms with Crippen LogP contribution in [0.25, 0.3) is 0 Å². The van der Waals surface area contributed by atoms with Crippen LogP contribution in [0.5, 0.6) is 0 Å². The summed E-state index contributed by atoms with van der Waals surface area (Å²) < 4.78 is 0. The van der Waals surface area contributed by atoms with Crippen molar-refractivity contribution in [3.63, 3.8) is 0 Å². The summed E-state index contributed by atoms with van der Waals surface area (Å²) in [4.78, 5) is 33.5. The van der Waals surface area contributed by atoms with Gasteiger partial charge in [0.15, 0.2) is 0 Å². The molecular weight excluding hydrogens is 258 g/mol. The zero-order valence-corrected chi connectivity index (χ0v) is 11.3. The number of carboxylic acid groups (broad SMARTS) is 1. The van der Waals surface area contributed by atoms with Gasteiger partial charge in [0.05, 0.1) is 6.54 Å². The monoisotopic (exact) mass is 277 g/mol. The molecule has 0 aromatic heterocycles. The van der Waals surface area contributed by atoms with Gasteiger partial charge in [0.2, 0.25) is 11.8 Å². The number of carboxylic acids is 1. The summed E-state index contributed by atoms with van der Waals surface area (Å²) in [6, 6.07) is -1.75. The average molecular weight is 277 g/mol. The van der Waals surface area contributed by atoms with Crippen LogP contribution in [0.2, 0.25) is 0 Å². The van der Waals surface area contributed by atoms with E-state index in [4.69, 9.17) is 10.8 Å². The number of carbonyl (C=O) groups is 3. The van der Waals surface area contributed by atoms with Gasteiger partial charge in [-0.25, -0.2) is 4.79 Å². The predicted molar refractivity (Wildman–Crippen MR) is 69.2 cm³/mol. The highest BCUT2D eigenvalue weighted by Crippen LogP contribution is 2.01. The van der Waals surface area contributed by atoms with Gasteiger partial charge in [0.25, 0.3) is 0 Å². The topological polar surface area (TPSA) is 122 Å². The Morgan fingerprint density at radius 1 is 1.33 bits per heavy atom. The van der Waals surface area contributed by atoms with Crippen molar-refractivity contribution in [3.8, 4) is 0 Å². The molecule has 2 atom stereocenters. The standard InChI is InChI=1S/C10H19N3O4S/c1-6(12-8(14)5-11)9(15)13-7(10(16)17)3-4-18-2/h6-7H,3-5,11H2,1-2H3,(H,12,14)(H,13,15)(H,16,17). The molecule has 0 radical (unpaired) electrons. The summed E-state index contributed by atoms with van der Waals surface area (Å²) in [7, 11) is 0. The van der Waals surface area contributed by atoms with E-state index in [0.717, 1.165) is 0 Å². The second kappa shape index (κ2) is 8.76. The van der Waals surface area contributed by atoms with Gasteiger partial charge in [-0.1, -0.05) is 0 Å². The molecule has 0 aromatic rings. The third-order valence-corrected chi connectivity index (χ3v) is 2.83. The number of amides is 2. The smallest absolute Gasteiger partial charge is 0.326 e. The summed E-state index contributed by atoms with van der Waals surface area (Å²) in [6.07, 6.45) is 2.19. The highest BCUT2D eigenvalue weighted by Gasteiger charge is 2.23. The molecule has 0 spiro atoms. The lowest BCUT2D eigenvalue weighted by atomic mass is 10.2. The zero-order chi connectivity index (χ0) is 14.1. The van der Waals surface area contributed by atoms with E-state index in [9.17, 15) is 14.4 Å². The number of rotatable bonds is 8. The molecule has 0 rings (SSSR count). The highest BCUT2D eigenvalue weighted by atomic mass is 32.2. The minimum Gasteiger partial charge on any atom is -0.480 e. The number of aliphatic carboxylic acids is 1. The fourth-order valence-corrected chi connectivity index (χ4v) is 1.63. The van der Waals surface area contributed by atoms with Crippen LogP contribution >= 0.6 is 11.8 Å². The SMILES string of the molecule is CSCCC(NC(=O)C(C)NC(=O)CN)C(=O)O. The second-order valence-electron chi connectivity index (χ2n) is 3.67. The molecule has 18 heavy (non-hydrogen) atoms. The number of nitrogens with two attached hydrogens (primary N) is 1. The number of hydrogen-bond acceptors (Lipinski definition) is 5. The molecule has 0 aliphatic rings. The first-order chi connectivity index (χ1) is 8.42. The van der Waals surface area contributed by atoms with E-state index >= 15 is 0 Å². The van der Waals surface area contributed by atoms with Crippen molar-refractivity contribution >= 4 is 29.5 Å². The highest BCUT2D eigenvalue weighted by molar-refractivity contribution is 7.98. The average Bonchev–Trinajstić information content (AvgIpc) is 2.33. The normalized spacial score (nSPS) is 13.5. The van der Waals surface area contributed by atoms with E-state index in [1.807, 2.05) is 6.26 Å². The van der Waals surface area contributed by atoms with Crippen LogP contribution in [0.1, 0.15) is 13.3 Å². The summed E-state index contributed by atoms with van der Waals surface area (Å²) >= 11 is 1.50. The Hall–Kier alpha value is -1.28.